The van der Waals surface area contributed by atoms with Gasteiger partial charge in [0.2, 0.25) is 0 Å². The lowest BCUT2D eigenvalue weighted by atomic mass is 9.93. The smallest absolute Gasteiger partial charge is 0.137 e. The molecule has 0 spiro atoms. The molecule has 0 unspecified atom stereocenters. The van der Waals surface area contributed by atoms with E-state index in [1.807, 2.05) is 12.1 Å². The highest BCUT2D eigenvalue weighted by molar-refractivity contribution is 6.11. The minimum absolute atomic E-state index is 0.852. The Labute approximate surface area is 251 Å². The highest BCUT2D eigenvalue weighted by Gasteiger charge is 2.25. The van der Waals surface area contributed by atoms with Gasteiger partial charge in [0.1, 0.15) is 11.5 Å². The average Bonchev–Trinajstić information content (AvgIpc) is 3.08. The van der Waals surface area contributed by atoms with E-state index in [-0.39, 0.29) is 0 Å². The van der Waals surface area contributed by atoms with Gasteiger partial charge < -0.3 is 14.5 Å². The van der Waals surface area contributed by atoms with E-state index in [1.54, 1.807) is 0 Å². The first-order chi connectivity index (χ1) is 21.3. The van der Waals surface area contributed by atoms with Crippen LogP contribution in [0.2, 0.25) is 0 Å². The molecule has 1 aliphatic rings. The molecule has 0 saturated carbocycles. The van der Waals surface area contributed by atoms with Crippen molar-refractivity contribution in [1.29, 1.82) is 0 Å². The van der Waals surface area contributed by atoms with Crippen LogP contribution >= 0.6 is 0 Å². The second-order valence-corrected chi connectivity index (χ2v) is 10.6. The van der Waals surface area contributed by atoms with Crippen molar-refractivity contribution in [2.75, 3.05) is 9.80 Å². The Morgan fingerprint density at radius 2 is 0.884 bits per heavy atom. The van der Waals surface area contributed by atoms with Gasteiger partial charge in [-0.15, -0.1) is 0 Å². The van der Waals surface area contributed by atoms with Gasteiger partial charge in [0, 0.05) is 50.8 Å². The Kier molecular flexibility index (Phi) is 6.12. The molecule has 0 atom stereocenters. The number of benzene rings is 7. The first kappa shape index (κ1) is 25.0. The van der Waals surface area contributed by atoms with Gasteiger partial charge in [-0.2, -0.15) is 0 Å². The predicted octanol–water partition coefficient (Wildman–Crippen LogP) is 11.6. The summed E-state index contributed by atoms with van der Waals surface area (Å²) in [6.07, 6.45) is 0. The van der Waals surface area contributed by atoms with Crippen LogP contribution in [0.1, 0.15) is 0 Å². The molecule has 8 rings (SSSR count). The van der Waals surface area contributed by atoms with Gasteiger partial charge in [-0.3, -0.25) is 0 Å². The zero-order chi connectivity index (χ0) is 28.6. The number of fused-ring (bicyclic) bond motifs is 2. The van der Waals surface area contributed by atoms with Gasteiger partial charge in [-0.25, -0.2) is 0 Å². The van der Waals surface area contributed by atoms with Crippen LogP contribution in [0.3, 0.4) is 0 Å². The lowest BCUT2D eigenvalue weighted by molar-refractivity contribution is 0.487. The molecule has 0 bridgehead atoms. The standard InChI is InChI=1S/C40H28N2O/c1-5-14-29(15-6-1)41(30-16-7-2-8-17-30)33-24-25-34-35-22-13-23-36-37(26-27-38(40(35)36)43-39(34)28-33)42(31-18-9-3-10-19-31)32-20-11-4-12-21-32/h1-28H. The van der Waals surface area contributed by atoms with E-state index in [0.29, 0.717) is 0 Å². The molecular formula is C40H28N2O. The van der Waals surface area contributed by atoms with Crippen molar-refractivity contribution in [3.63, 3.8) is 0 Å². The van der Waals surface area contributed by atoms with Crippen molar-refractivity contribution in [1.82, 2.24) is 0 Å². The van der Waals surface area contributed by atoms with Crippen molar-refractivity contribution >= 4 is 44.9 Å². The lowest BCUT2D eigenvalue weighted by Gasteiger charge is -2.30. The van der Waals surface area contributed by atoms with Gasteiger partial charge >= 0.3 is 0 Å². The summed E-state index contributed by atoms with van der Waals surface area (Å²) in [7, 11) is 0. The van der Waals surface area contributed by atoms with Gasteiger partial charge in [-0.05, 0) is 78.4 Å². The summed E-state index contributed by atoms with van der Waals surface area (Å²) in [5.74, 6) is 1.72. The van der Waals surface area contributed by atoms with E-state index >= 15 is 0 Å². The average molecular weight is 553 g/mol. The molecule has 43 heavy (non-hydrogen) atoms. The third-order valence-electron chi connectivity index (χ3n) is 8.01. The molecule has 3 nitrogen and oxygen atoms in total. The monoisotopic (exact) mass is 552 g/mol. The van der Waals surface area contributed by atoms with Crippen molar-refractivity contribution in [3.8, 4) is 22.6 Å². The minimum atomic E-state index is 0.852. The number of hydrogen-bond acceptors (Lipinski definition) is 3. The normalized spacial score (nSPS) is 11.4. The maximum Gasteiger partial charge on any atom is 0.137 e. The minimum Gasteiger partial charge on any atom is -0.456 e. The van der Waals surface area contributed by atoms with Crippen LogP contribution in [0.15, 0.2) is 170 Å². The maximum atomic E-state index is 6.71. The van der Waals surface area contributed by atoms with E-state index in [4.69, 9.17) is 4.74 Å². The van der Waals surface area contributed by atoms with Gasteiger partial charge in [0.15, 0.2) is 0 Å². The molecule has 0 radical (unpaired) electrons. The third-order valence-corrected chi connectivity index (χ3v) is 8.01. The van der Waals surface area contributed by atoms with Gasteiger partial charge in [-0.1, -0.05) is 91.0 Å². The van der Waals surface area contributed by atoms with Crippen LogP contribution in [0, 0.1) is 0 Å². The Hall–Kier alpha value is -5.80. The molecule has 7 aromatic carbocycles. The summed E-state index contributed by atoms with van der Waals surface area (Å²) >= 11 is 0. The zero-order valence-corrected chi connectivity index (χ0v) is 23.5. The van der Waals surface area contributed by atoms with Crippen LogP contribution in [0.25, 0.3) is 21.9 Å². The Bertz CT molecular complexity index is 1960. The number of hydrogen-bond donors (Lipinski definition) is 0. The first-order valence-electron chi connectivity index (χ1n) is 14.5. The van der Waals surface area contributed by atoms with E-state index in [1.165, 1.54) is 5.56 Å². The SMILES string of the molecule is c1ccc(N(c2ccccc2)c2ccc3c(c2)Oc2ccc(N(c4ccccc4)c4ccccc4)c4cccc-3c24)cc1. The first-order valence-corrected chi connectivity index (χ1v) is 14.5. The second-order valence-electron chi connectivity index (χ2n) is 10.6. The molecule has 0 amide bonds. The molecule has 3 heteroatoms. The zero-order valence-electron chi connectivity index (χ0n) is 23.5. The van der Waals surface area contributed by atoms with Crippen molar-refractivity contribution in [3.05, 3.63) is 170 Å². The van der Waals surface area contributed by atoms with Crippen LogP contribution in [0.4, 0.5) is 34.1 Å². The summed E-state index contributed by atoms with van der Waals surface area (Å²) in [6.45, 7) is 0. The van der Waals surface area contributed by atoms with E-state index in [9.17, 15) is 0 Å². The van der Waals surface area contributed by atoms with E-state index < -0.39 is 0 Å². The van der Waals surface area contributed by atoms with Crippen LogP contribution in [0.5, 0.6) is 11.5 Å². The third kappa shape index (κ3) is 4.39. The summed E-state index contributed by atoms with van der Waals surface area (Å²) in [5.41, 5.74) is 8.83. The molecule has 1 heterocycles. The molecule has 1 aliphatic heterocycles. The van der Waals surface area contributed by atoms with Crippen LogP contribution in [-0.2, 0) is 0 Å². The number of para-hydroxylation sites is 4. The van der Waals surface area contributed by atoms with E-state index in [2.05, 4.69) is 168 Å². The molecule has 0 aliphatic carbocycles. The Morgan fingerprint density at radius 1 is 0.349 bits per heavy atom. The Balaban J connectivity index is 1.28. The topological polar surface area (TPSA) is 15.7 Å². The fourth-order valence-electron chi connectivity index (χ4n) is 6.12. The van der Waals surface area contributed by atoms with Crippen LogP contribution < -0.4 is 14.5 Å². The van der Waals surface area contributed by atoms with E-state index in [0.717, 1.165) is 62.0 Å². The maximum absolute atomic E-state index is 6.71. The summed E-state index contributed by atoms with van der Waals surface area (Å²) in [6, 6.07) is 59.4. The largest absolute Gasteiger partial charge is 0.456 e. The van der Waals surface area contributed by atoms with Crippen LogP contribution in [-0.4, -0.2) is 0 Å². The van der Waals surface area contributed by atoms with Gasteiger partial charge in [0.25, 0.3) is 0 Å². The number of rotatable bonds is 6. The molecule has 0 saturated heterocycles. The number of ether oxygens (including phenoxy) is 1. The number of nitrogens with zero attached hydrogens (tertiary/aromatic N) is 2. The quantitative estimate of drug-likeness (QED) is 0.204. The van der Waals surface area contributed by atoms with Crippen molar-refractivity contribution in [2.45, 2.75) is 0 Å². The molecule has 204 valence electrons. The van der Waals surface area contributed by atoms with Gasteiger partial charge in [0.05, 0.1) is 5.69 Å². The number of anilines is 6. The summed E-state index contributed by atoms with van der Waals surface area (Å²) in [5, 5.41) is 2.27. The Morgan fingerprint density at radius 3 is 1.44 bits per heavy atom. The highest BCUT2D eigenvalue weighted by Crippen LogP contribution is 2.51. The molecule has 7 aromatic rings. The lowest BCUT2D eigenvalue weighted by Crippen LogP contribution is -2.11. The second kappa shape index (κ2) is 10.6. The molecule has 0 N–H and O–H groups in total. The predicted molar refractivity (Wildman–Crippen MR) is 179 cm³/mol. The van der Waals surface area contributed by atoms with Crippen molar-refractivity contribution < 1.29 is 4.74 Å². The summed E-state index contributed by atoms with van der Waals surface area (Å²) in [4.78, 5) is 4.58. The molecular weight excluding hydrogens is 524 g/mol. The fourth-order valence-corrected chi connectivity index (χ4v) is 6.12. The summed E-state index contributed by atoms with van der Waals surface area (Å²) < 4.78 is 6.71. The molecule has 0 aromatic heterocycles. The highest BCUT2D eigenvalue weighted by atomic mass is 16.5. The molecule has 0 fully saturated rings. The van der Waals surface area contributed by atoms with Crippen molar-refractivity contribution in [2.24, 2.45) is 0 Å². The fraction of sp³-hybridized carbons (Fsp3) is 0.